The van der Waals surface area contributed by atoms with Crippen LogP contribution in [-0.4, -0.2) is 41.1 Å². The lowest BCUT2D eigenvalue weighted by atomic mass is 9.98. The highest BCUT2D eigenvalue weighted by Crippen LogP contribution is 2.38. The second-order valence-electron chi connectivity index (χ2n) is 6.02. The Balaban J connectivity index is 1.87. The molecule has 1 amide bonds. The molecule has 1 heterocycles. The molecule has 1 aliphatic carbocycles. The minimum absolute atomic E-state index is 0.121. The summed E-state index contributed by atoms with van der Waals surface area (Å²) in [5, 5.41) is 11.2. The summed E-state index contributed by atoms with van der Waals surface area (Å²) in [5.41, 5.74) is 6.16. The van der Waals surface area contributed by atoms with Gasteiger partial charge in [0.15, 0.2) is 0 Å². The Morgan fingerprint density at radius 2 is 2.18 bits per heavy atom. The molecule has 0 aromatic heterocycles. The number of rotatable bonds is 3. The topological polar surface area (TPSA) is 89.5 Å². The van der Waals surface area contributed by atoms with Crippen LogP contribution in [0, 0.1) is 22.0 Å². The zero-order valence-electron chi connectivity index (χ0n) is 12.4. The van der Waals surface area contributed by atoms with Crippen molar-refractivity contribution in [3.63, 3.8) is 0 Å². The normalized spacial score (nSPS) is 27.0. The van der Waals surface area contributed by atoms with Gasteiger partial charge in [0.05, 0.1) is 4.92 Å². The number of amides is 1. The molecule has 1 aromatic rings. The lowest BCUT2D eigenvalue weighted by molar-refractivity contribution is -0.385. The Morgan fingerprint density at radius 1 is 1.41 bits per heavy atom. The summed E-state index contributed by atoms with van der Waals surface area (Å²) in [6.07, 6.45) is 3.94. The molecule has 2 fully saturated rings. The van der Waals surface area contributed by atoms with E-state index < -0.39 is 4.92 Å². The number of thioether (sulfide) groups is 1. The van der Waals surface area contributed by atoms with Gasteiger partial charge in [-0.15, -0.1) is 11.8 Å². The highest BCUT2D eigenvalue weighted by molar-refractivity contribution is 7.98. The van der Waals surface area contributed by atoms with Gasteiger partial charge in [0, 0.05) is 30.1 Å². The Bertz CT molecular complexity index is 622. The predicted octanol–water partition coefficient (Wildman–Crippen LogP) is 2.13. The van der Waals surface area contributed by atoms with Crippen molar-refractivity contribution in [1.29, 1.82) is 0 Å². The maximum atomic E-state index is 12.7. The van der Waals surface area contributed by atoms with E-state index in [9.17, 15) is 14.9 Å². The molecule has 0 bridgehead atoms. The molecule has 22 heavy (non-hydrogen) atoms. The fourth-order valence-corrected chi connectivity index (χ4v) is 4.06. The van der Waals surface area contributed by atoms with Crippen LogP contribution in [0.3, 0.4) is 0 Å². The first-order valence-electron chi connectivity index (χ1n) is 7.38. The fourth-order valence-electron chi connectivity index (χ4n) is 3.62. The molecule has 7 heteroatoms. The van der Waals surface area contributed by atoms with Crippen LogP contribution in [0.4, 0.5) is 5.69 Å². The van der Waals surface area contributed by atoms with Crippen molar-refractivity contribution in [3.8, 4) is 0 Å². The van der Waals surface area contributed by atoms with E-state index in [0.29, 0.717) is 24.9 Å². The molecule has 3 rings (SSSR count). The molecule has 6 nitrogen and oxygen atoms in total. The Hall–Kier alpha value is -1.60. The van der Waals surface area contributed by atoms with Gasteiger partial charge in [-0.3, -0.25) is 14.9 Å². The number of benzene rings is 1. The molecule has 1 aromatic carbocycles. The van der Waals surface area contributed by atoms with Crippen molar-refractivity contribution in [2.45, 2.75) is 23.8 Å². The zero-order valence-corrected chi connectivity index (χ0v) is 13.2. The minimum Gasteiger partial charge on any atom is -0.338 e. The molecular weight excluding hydrogens is 302 g/mol. The smallest absolute Gasteiger partial charge is 0.282 e. The standard InChI is InChI=1S/C15H19N3O3S/c1-22-10-3-5-14(18(20)21)11(6-10)15(19)17-7-9-2-4-13(16)12(9)8-17/h3,5-6,9,12-13H,2,4,7-8,16H2,1H3. The van der Waals surface area contributed by atoms with Crippen LogP contribution in [0.25, 0.3) is 0 Å². The molecule has 3 unspecified atom stereocenters. The first-order chi connectivity index (χ1) is 10.5. The van der Waals surface area contributed by atoms with E-state index in [1.54, 1.807) is 17.0 Å². The monoisotopic (exact) mass is 321 g/mol. The summed E-state index contributed by atoms with van der Waals surface area (Å²) >= 11 is 1.47. The molecule has 2 aliphatic rings. The van der Waals surface area contributed by atoms with E-state index in [1.807, 2.05) is 6.26 Å². The number of carbonyl (C=O) groups is 1. The molecule has 1 saturated carbocycles. The first kappa shape index (κ1) is 15.3. The Morgan fingerprint density at radius 3 is 2.82 bits per heavy atom. The zero-order chi connectivity index (χ0) is 15.9. The highest BCUT2D eigenvalue weighted by Gasteiger charge is 2.43. The number of nitrogens with zero attached hydrogens (tertiary/aromatic N) is 2. The van der Waals surface area contributed by atoms with E-state index in [-0.39, 0.29) is 23.2 Å². The molecule has 1 aliphatic heterocycles. The Labute approximate surface area is 133 Å². The van der Waals surface area contributed by atoms with E-state index >= 15 is 0 Å². The average molecular weight is 321 g/mol. The maximum Gasteiger partial charge on any atom is 0.282 e. The molecule has 2 N–H and O–H groups in total. The third-order valence-corrected chi connectivity index (χ3v) is 5.56. The van der Waals surface area contributed by atoms with Gasteiger partial charge in [-0.25, -0.2) is 0 Å². The third-order valence-electron chi connectivity index (χ3n) is 4.83. The van der Waals surface area contributed by atoms with E-state index in [0.717, 1.165) is 17.7 Å². The lowest BCUT2D eigenvalue weighted by Gasteiger charge is -2.19. The van der Waals surface area contributed by atoms with Gasteiger partial charge in [-0.1, -0.05) is 0 Å². The summed E-state index contributed by atoms with van der Waals surface area (Å²) in [6, 6.07) is 4.87. The van der Waals surface area contributed by atoms with Gasteiger partial charge in [0.2, 0.25) is 0 Å². The van der Waals surface area contributed by atoms with Crippen molar-refractivity contribution in [2.75, 3.05) is 19.3 Å². The average Bonchev–Trinajstić information content (AvgIpc) is 3.08. The number of hydrogen-bond donors (Lipinski definition) is 1. The maximum absolute atomic E-state index is 12.7. The first-order valence-corrected chi connectivity index (χ1v) is 8.61. The summed E-state index contributed by atoms with van der Waals surface area (Å²) < 4.78 is 0. The number of nitro benzene ring substituents is 1. The van der Waals surface area contributed by atoms with Crippen LogP contribution in [0.1, 0.15) is 23.2 Å². The van der Waals surface area contributed by atoms with Crippen molar-refractivity contribution >= 4 is 23.4 Å². The third kappa shape index (κ3) is 2.59. The predicted molar refractivity (Wildman–Crippen MR) is 85.0 cm³/mol. The molecule has 3 atom stereocenters. The molecule has 1 saturated heterocycles. The van der Waals surface area contributed by atoms with Gasteiger partial charge in [0.1, 0.15) is 5.56 Å². The number of hydrogen-bond acceptors (Lipinski definition) is 5. The quantitative estimate of drug-likeness (QED) is 0.523. The van der Waals surface area contributed by atoms with Crippen LogP contribution in [0.15, 0.2) is 23.1 Å². The molecule has 0 radical (unpaired) electrons. The van der Waals surface area contributed by atoms with Crippen molar-refractivity contribution < 1.29 is 9.72 Å². The molecule has 0 spiro atoms. The second-order valence-corrected chi connectivity index (χ2v) is 6.90. The summed E-state index contributed by atoms with van der Waals surface area (Å²) in [4.78, 5) is 26.0. The van der Waals surface area contributed by atoms with E-state index in [1.165, 1.54) is 17.8 Å². The van der Waals surface area contributed by atoms with Crippen molar-refractivity contribution in [3.05, 3.63) is 33.9 Å². The second kappa shape index (κ2) is 5.89. The van der Waals surface area contributed by atoms with Crippen LogP contribution in [0.5, 0.6) is 0 Å². The van der Waals surface area contributed by atoms with Crippen LogP contribution in [-0.2, 0) is 0 Å². The van der Waals surface area contributed by atoms with Gasteiger partial charge in [-0.2, -0.15) is 0 Å². The highest BCUT2D eigenvalue weighted by atomic mass is 32.2. The fraction of sp³-hybridized carbons (Fsp3) is 0.533. The molecule has 118 valence electrons. The van der Waals surface area contributed by atoms with Crippen molar-refractivity contribution in [2.24, 2.45) is 17.6 Å². The summed E-state index contributed by atoms with van der Waals surface area (Å²) in [7, 11) is 0. The summed E-state index contributed by atoms with van der Waals surface area (Å²) in [6.45, 7) is 1.28. The number of nitro groups is 1. The van der Waals surface area contributed by atoms with Gasteiger partial charge in [-0.05, 0) is 43.1 Å². The van der Waals surface area contributed by atoms with Gasteiger partial charge in [0.25, 0.3) is 11.6 Å². The number of fused-ring (bicyclic) bond motifs is 1. The van der Waals surface area contributed by atoms with Gasteiger partial charge < -0.3 is 10.6 Å². The van der Waals surface area contributed by atoms with E-state index in [2.05, 4.69) is 0 Å². The number of likely N-dealkylation sites (tertiary alicyclic amines) is 1. The minimum atomic E-state index is -0.486. The van der Waals surface area contributed by atoms with Crippen LogP contribution < -0.4 is 5.73 Å². The largest absolute Gasteiger partial charge is 0.338 e. The Kier molecular flexibility index (Phi) is 4.10. The van der Waals surface area contributed by atoms with Crippen molar-refractivity contribution in [1.82, 2.24) is 4.90 Å². The van der Waals surface area contributed by atoms with Crippen LogP contribution >= 0.6 is 11.8 Å². The van der Waals surface area contributed by atoms with Crippen LogP contribution in [0.2, 0.25) is 0 Å². The number of nitrogens with two attached hydrogens (primary N) is 1. The SMILES string of the molecule is CSc1ccc([N+](=O)[O-])c(C(=O)N2CC3CCC(N)C3C2)c1. The lowest BCUT2D eigenvalue weighted by Crippen LogP contribution is -2.33. The number of carbonyl (C=O) groups excluding carboxylic acids is 1. The molecular formula is C15H19N3O3S. The van der Waals surface area contributed by atoms with Gasteiger partial charge >= 0.3 is 0 Å². The summed E-state index contributed by atoms with van der Waals surface area (Å²) in [5.74, 6) is 0.540. The van der Waals surface area contributed by atoms with E-state index in [4.69, 9.17) is 5.73 Å².